The van der Waals surface area contributed by atoms with Crippen LogP contribution in [0.4, 0.5) is 8.78 Å². The summed E-state index contributed by atoms with van der Waals surface area (Å²) < 4.78 is 33.7. The Morgan fingerprint density at radius 3 is 2.37 bits per heavy atom. The second kappa shape index (κ2) is 6.64. The maximum absolute atomic E-state index is 14.5. The molecule has 0 aliphatic heterocycles. The van der Waals surface area contributed by atoms with Gasteiger partial charge >= 0.3 is 0 Å². The fourth-order valence-corrected chi connectivity index (χ4v) is 2.56. The third kappa shape index (κ3) is 3.29. The van der Waals surface area contributed by atoms with Crippen LogP contribution in [-0.4, -0.2) is 25.1 Å². The fraction of sp³-hybridized carbons (Fsp3) is 0.105. The summed E-state index contributed by atoms with van der Waals surface area (Å²) in [6, 6.07) is 6.27. The molecule has 0 unspecified atom stereocenters. The molecule has 0 N–H and O–H groups in total. The first-order valence-electron chi connectivity index (χ1n) is 8.06. The van der Waals surface area contributed by atoms with Crippen LogP contribution in [0, 0.1) is 25.5 Å². The highest BCUT2D eigenvalue weighted by atomic mass is 19.1. The molecule has 4 rings (SSSR count). The molecule has 4 aromatic heterocycles. The molecule has 0 bridgehead atoms. The molecule has 0 aromatic carbocycles. The Labute approximate surface area is 153 Å². The first kappa shape index (κ1) is 16.9. The van der Waals surface area contributed by atoms with Crippen LogP contribution < -0.4 is 0 Å². The monoisotopic (exact) mass is 365 g/mol. The number of rotatable bonds is 3. The lowest BCUT2D eigenvalue weighted by atomic mass is 10.1. The number of pyridine rings is 3. The Bertz CT molecular complexity index is 1130. The van der Waals surface area contributed by atoms with Gasteiger partial charge in [-0.2, -0.15) is 0 Å². The van der Waals surface area contributed by atoms with Crippen molar-refractivity contribution < 1.29 is 13.2 Å². The van der Waals surface area contributed by atoms with E-state index in [1.165, 1.54) is 25.3 Å². The standard InChI is InChI=1S/C19H13F2N5O/c1-10-3-4-15(23-7-10)18-25-26-19(27-18)16-6-14(17(21)11(2)24-16)12-5-13(20)9-22-8-12/h3-9H,1-2H3. The Kier molecular flexibility index (Phi) is 4.15. The lowest BCUT2D eigenvalue weighted by molar-refractivity contribution is 0.576. The number of aromatic nitrogens is 5. The number of hydrogen-bond donors (Lipinski definition) is 0. The van der Waals surface area contributed by atoms with Crippen molar-refractivity contribution in [3.63, 3.8) is 0 Å². The molecule has 0 radical (unpaired) electrons. The van der Waals surface area contributed by atoms with Crippen LogP contribution in [0.15, 0.2) is 47.3 Å². The van der Waals surface area contributed by atoms with E-state index in [2.05, 4.69) is 25.1 Å². The Hall–Kier alpha value is -3.55. The lowest BCUT2D eigenvalue weighted by Gasteiger charge is -2.07. The Balaban J connectivity index is 1.78. The molecule has 0 aliphatic rings. The van der Waals surface area contributed by atoms with Crippen molar-refractivity contribution >= 4 is 0 Å². The predicted octanol–water partition coefficient (Wildman–Crippen LogP) is 4.15. The molecular formula is C19H13F2N5O. The summed E-state index contributed by atoms with van der Waals surface area (Å²) in [5, 5.41) is 7.95. The van der Waals surface area contributed by atoms with E-state index in [0.717, 1.165) is 11.8 Å². The summed E-state index contributed by atoms with van der Waals surface area (Å²) in [5.74, 6) is -0.789. The van der Waals surface area contributed by atoms with Crippen LogP contribution in [0.25, 0.3) is 34.3 Å². The molecule has 8 heteroatoms. The van der Waals surface area contributed by atoms with Gasteiger partial charge in [0.1, 0.15) is 17.2 Å². The summed E-state index contributed by atoms with van der Waals surface area (Å²) >= 11 is 0. The van der Waals surface area contributed by atoms with Gasteiger partial charge in [-0.25, -0.2) is 13.8 Å². The van der Waals surface area contributed by atoms with Crippen LogP contribution in [0.2, 0.25) is 0 Å². The minimum atomic E-state index is -0.564. The zero-order chi connectivity index (χ0) is 19.0. The average Bonchev–Trinajstić information content (AvgIpc) is 3.14. The smallest absolute Gasteiger partial charge is 0.266 e. The maximum atomic E-state index is 14.5. The number of hydrogen-bond acceptors (Lipinski definition) is 6. The first-order chi connectivity index (χ1) is 13.0. The van der Waals surface area contributed by atoms with Gasteiger partial charge in [0, 0.05) is 23.5 Å². The van der Waals surface area contributed by atoms with Crippen LogP contribution in [0.1, 0.15) is 11.3 Å². The van der Waals surface area contributed by atoms with E-state index in [9.17, 15) is 8.78 Å². The van der Waals surface area contributed by atoms with Crippen LogP contribution >= 0.6 is 0 Å². The minimum Gasteiger partial charge on any atom is -0.413 e. The molecule has 0 fully saturated rings. The average molecular weight is 365 g/mol. The van der Waals surface area contributed by atoms with E-state index in [-0.39, 0.29) is 28.7 Å². The van der Waals surface area contributed by atoms with Crippen molar-refractivity contribution in [2.75, 3.05) is 0 Å². The molecular weight excluding hydrogens is 352 g/mol. The topological polar surface area (TPSA) is 77.6 Å². The highest BCUT2D eigenvalue weighted by molar-refractivity contribution is 5.68. The minimum absolute atomic E-state index is 0.112. The van der Waals surface area contributed by atoms with E-state index in [0.29, 0.717) is 11.3 Å². The molecule has 4 aromatic rings. The van der Waals surface area contributed by atoms with Crippen LogP contribution in [0.3, 0.4) is 0 Å². The van der Waals surface area contributed by atoms with Gasteiger partial charge in [0.05, 0.1) is 11.9 Å². The summed E-state index contributed by atoms with van der Waals surface area (Å²) in [6.45, 7) is 3.43. The van der Waals surface area contributed by atoms with Gasteiger partial charge in [-0.3, -0.25) is 9.97 Å². The number of nitrogens with zero attached hydrogens (tertiary/aromatic N) is 5. The van der Waals surface area contributed by atoms with Gasteiger partial charge < -0.3 is 4.42 Å². The van der Waals surface area contributed by atoms with Gasteiger partial charge in [-0.1, -0.05) is 6.07 Å². The molecule has 4 heterocycles. The highest BCUT2D eigenvalue weighted by Crippen LogP contribution is 2.29. The molecule has 0 amide bonds. The lowest BCUT2D eigenvalue weighted by Crippen LogP contribution is -1.97. The van der Waals surface area contributed by atoms with Crippen molar-refractivity contribution in [3.8, 4) is 34.3 Å². The molecule has 0 aliphatic carbocycles. The van der Waals surface area contributed by atoms with Crippen molar-refractivity contribution in [2.24, 2.45) is 0 Å². The second-order valence-electron chi connectivity index (χ2n) is 5.98. The van der Waals surface area contributed by atoms with Gasteiger partial charge in [0.25, 0.3) is 11.8 Å². The van der Waals surface area contributed by atoms with Crippen LogP contribution in [-0.2, 0) is 0 Å². The van der Waals surface area contributed by atoms with E-state index < -0.39 is 11.6 Å². The van der Waals surface area contributed by atoms with Crippen LogP contribution in [0.5, 0.6) is 0 Å². The van der Waals surface area contributed by atoms with E-state index >= 15 is 0 Å². The van der Waals surface area contributed by atoms with Crippen molar-refractivity contribution in [3.05, 3.63) is 65.7 Å². The number of aryl methyl sites for hydroxylation is 2. The third-order valence-corrected chi connectivity index (χ3v) is 3.91. The molecule has 0 atom stereocenters. The highest BCUT2D eigenvalue weighted by Gasteiger charge is 2.18. The summed E-state index contributed by atoms with van der Waals surface area (Å²) in [7, 11) is 0. The van der Waals surface area contributed by atoms with Crippen molar-refractivity contribution in [2.45, 2.75) is 13.8 Å². The van der Waals surface area contributed by atoms with Gasteiger partial charge in [-0.15, -0.1) is 10.2 Å². The zero-order valence-electron chi connectivity index (χ0n) is 14.4. The third-order valence-electron chi connectivity index (χ3n) is 3.91. The molecule has 0 saturated heterocycles. The Morgan fingerprint density at radius 2 is 1.67 bits per heavy atom. The van der Waals surface area contributed by atoms with Crippen molar-refractivity contribution in [1.82, 2.24) is 25.1 Å². The summed E-state index contributed by atoms with van der Waals surface area (Å²) in [6.07, 6.45) is 4.12. The van der Waals surface area contributed by atoms with Crippen molar-refractivity contribution in [1.29, 1.82) is 0 Å². The molecule has 134 valence electrons. The maximum Gasteiger partial charge on any atom is 0.266 e. The van der Waals surface area contributed by atoms with E-state index in [1.807, 2.05) is 13.0 Å². The quantitative estimate of drug-likeness (QED) is 0.543. The summed E-state index contributed by atoms with van der Waals surface area (Å²) in [5.41, 5.74) is 2.37. The Morgan fingerprint density at radius 1 is 0.889 bits per heavy atom. The normalized spacial score (nSPS) is 11.0. The SMILES string of the molecule is Cc1ccc(-c2nnc(-c3cc(-c4cncc(F)c4)c(F)c(C)n3)o2)nc1. The molecule has 0 spiro atoms. The second-order valence-corrected chi connectivity index (χ2v) is 5.98. The predicted molar refractivity (Wildman–Crippen MR) is 93.4 cm³/mol. The molecule has 6 nitrogen and oxygen atoms in total. The zero-order valence-corrected chi connectivity index (χ0v) is 14.4. The first-order valence-corrected chi connectivity index (χ1v) is 8.06. The summed E-state index contributed by atoms with van der Waals surface area (Å²) in [4.78, 5) is 12.2. The van der Waals surface area contributed by atoms with Gasteiger partial charge in [0.2, 0.25) is 0 Å². The number of halogens is 2. The fourth-order valence-electron chi connectivity index (χ4n) is 2.56. The molecule has 0 saturated carbocycles. The molecule has 27 heavy (non-hydrogen) atoms. The largest absolute Gasteiger partial charge is 0.413 e. The van der Waals surface area contributed by atoms with Gasteiger partial charge in [-0.05, 0) is 37.6 Å². The van der Waals surface area contributed by atoms with E-state index in [1.54, 1.807) is 12.3 Å². The van der Waals surface area contributed by atoms with E-state index in [4.69, 9.17) is 4.42 Å². The van der Waals surface area contributed by atoms with Gasteiger partial charge in [0.15, 0.2) is 5.82 Å².